The Bertz CT molecular complexity index is 988. The van der Waals surface area contributed by atoms with Crippen LogP contribution in [-0.4, -0.2) is 11.6 Å². The lowest BCUT2D eigenvalue weighted by molar-refractivity contribution is 0.340. The number of nitriles is 1. The molecule has 0 aliphatic heterocycles. The lowest BCUT2D eigenvalue weighted by Crippen LogP contribution is -1.90. The Morgan fingerprint density at radius 3 is 2.65 bits per heavy atom. The molecular formula is C20H14Cl2N2OS. The fourth-order valence-electron chi connectivity index (χ4n) is 2.33. The van der Waals surface area contributed by atoms with Crippen LogP contribution < -0.4 is 4.74 Å². The van der Waals surface area contributed by atoms with Gasteiger partial charge in [-0.3, -0.25) is 0 Å². The van der Waals surface area contributed by atoms with E-state index in [2.05, 4.69) is 11.1 Å². The van der Waals surface area contributed by atoms with Gasteiger partial charge in [0.2, 0.25) is 0 Å². The number of allylic oxidation sites excluding steroid dienone is 1. The quantitative estimate of drug-likeness (QED) is 0.454. The molecule has 0 aliphatic carbocycles. The highest BCUT2D eigenvalue weighted by molar-refractivity contribution is 7.11. The molecule has 3 rings (SSSR count). The van der Waals surface area contributed by atoms with Gasteiger partial charge in [-0.15, -0.1) is 11.3 Å². The molecule has 3 aromatic rings. The van der Waals surface area contributed by atoms with Crippen LogP contribution in [0.15, 0.2) is 47.8 Å². The number of ether oxygens (including phenoxy) is 1. The van der Waals surface area contributed by atoms with E-state index in [-0.39, 0.29) is 0 Å². The van der Waals surface area contributed by atoms with Crippen LogP contribution in [0.1, 0.15) is 17.5 Å². The van der Waals surface area contributed by atoms with Crippen LogP contribution in [0.25, 0.3) is 22.9 Å². The molecule has 0 amide bonds. The van der Waals surface area contributed by atoms with Gasteiger partial charge >= 0.3 is 0 Å². The van der Waals surface area contributed by atoms with E-state index < -0.39 is 0 Å². The first kappa shape index (κ1) is 18.5. The van der Waals surface area contributed by atoms with Crippen LogP contribution in [-0.2, 0) is 0 Å². The summed E-state index contributed by atoms with van der Waals surface area (Å²) in [5.41, 5.74) is 2.97. The first-order chi connectivity index (χ1) is 12.6. The van der Waals surface area contributed by atoms with Crippen molar-refractivity contribution in [3.05, 3.63) is 68.5 Å². The Morgan fingerprint density at radius 1 is 1.23 bits per heavy atom. The third-order valence-corrected chi connectivity index (χ3v) is 5.02. The maximum Gasteiger partial charge on any atom is 0.134 e. The Hall–Kier alpha value is -2.32. The smallest absolute Gasteiger partial charge is 0.134 e. The first-order valence-corrected chi connectivity index (χ1v) is 9.50. The van der Waals surface area contributed by atoms with Crippen molar-refractivity contribution in [2.75, 3.05) is 6.61 Å². The number of thiazole rings is 1. The molecule has 130 valence electrons. The van der Waals surface area contributed by atoms with Gasteiger partial charge < -0.3 is 4.74 Å². The minimum Gasteiger partial charge on any atom is -0.494 e. The van der Waals surface area contributed by atoms with Gasteiger partial charge in [-0.05, 0) is 55.0 Å². The SMILES string of the molecule is CCOc1ccc(-c2csc(C(C#N)=Cc3ccc(Cl)cc3Cl)n2)cc1. The molecule has 0 aliphatic rings. The predicted octanol–water partition coefficient (Wildman–Crippen LogP) is 6.58. The first-order valence-electron chi connectivity index (χ1n) is 7.86. The average Bonchev–Trinajstić information content (AvgIpc) is 3.12. The summed E-state index contributed by atoms with van der Waals surface area (Å²) in [6, 6.07) is 15.1. The van der Waals surface area contributed by atoms with Gasteiger partial charge in [-0.25, -0.2) is 4.98 Å². The van der Waals surface area contributed by atoms with Crippen molar-refractivity contribution in [2.24, 2.45) is 0 Å². The summed E-state index contributed by atoms with van der Waals surface area (Å²) < 4.78 is 5.45. The highest BCUT2D eigenvalue weighted by Crippen LogP contribution is 2.30. The van der Waals surface area contributed by atoms with Crippen molar-refractivity contribution in [2.45, 2.75) is 6.92 Å². The fraction of sp³-hybridized carbons (Fsp3) is 0.100. The molecule has 1 heterocycles. The number of hydrogen-bond donors (Lipinski definition) is 0. The highest BCUT2D eigenvalue weighted by atomic mass is 35.5. The predicted molar refractivity (Wildman–Crippen MR) is 109 cm³/mol. The summed E-state index contributed by atoms with van der Waals surface area (Å²) in [5.74, 6) is 0.821. The van der Waals surface area contributed by atoms with Crippen molar-refractivity contribution in [3.63, 3.8) is 0 Å². The summed E-state index contributed by atoms with van der Waals surface area (Å²) >= 11 is 13.5. The molecule has 0 N–H and O–H groups in total. The number of benzene rings is 2. The van der Waals surface area contributed by atoms with E-state index in [9.17, 15) is 5.26 Å². The lowest BCUT2D eigenvalue weighted by Gasteiger charge is -2.03. The van der Waals surface area contributed by atoms with Crippen LogP contribution in [0.5, 0.6) is 5.75 Å². The van der Waals surface area contributed by atoms with Gasteiger partial charge in [0.25, 0.3) is 0 Å². The molecule has 6 heteroatoms. The topological polar surface area (TPSA) is 45.9 Å². The molecule has 0 saturated carbocycles. The number of nitrogens with zero attached hydrogens (tertiary/aromatic N) is 2. The van der Waals surface area contributed by atoms with Gasteiger partial charge in [-0.1, -0.05) is 29.3 Å². The third kappa shape index (κ3) is 4.25. The Kier molecular flexibility index (Phi) is 5.95. The molecule has 0 fully saturated rings. The van der Waals surface area contributed by atoms with E-state index >= 15 is 0 Å². The number of hydrogen-bond acceptors (Lipinski definition) is 4. The minimum absolute atomic E-state index is 0.455. The normalized spacial score (nSPS) is 11.2. The zero-order valence-corrected chi connectivity index (χ0v) is 16.2. The fourth-order valence-corrected chi connectivity index (χ4v) is 3.59. The second-order valence-electron chi connectivity index (χ2n) is 5.33. The molecule has 0 saturated heterocycles. The van der Waals surface area contributed by atoms with Crippen molar-refractivity contribution in [1.82, 2.24) is 4.98 Å². The van der Waals surface area contributed by atoms with Crippen molar-refractivity contribution < 1.29 is 4.74 Å². The van der Waals surface area contributed by atoms with E-state index in [0.717, 1.165) is 22.6 Å². The molecule has 0 radical (unpaired) electrons. The largest absolute Gasteiger partial charge is 0.494 e. The van der Waals surface area contributed by atoms with Gasteiger partial charge in [0.15, 0.2) is 0 Å². The maximum atomic E-state index is 9.52. The van der Waals surface area contributed by atoms with Gasteiger partial charge in [-0.2, -0.15) is 5.26 Å². The molecule has 0 unspecified atom stereocenters. The van der Waals surface area contributed by atoms with E-state index in [1.165, 1.54) is 11.3 Å². The molecule has 0 spiro atoms. The molecule has 1 aromatic heterocycles. The summed E-state index contributed by atoms with van der Waals surface area (Å²) in [7, 11) is 0. The molecule has 26 heavy (non-hydrogen) atoms. The minimum atomic E-state index is 0.455. The van der Waals surface area contributed by atoms with E-state index in [1.54, 1.807) is 24.3 Å². The van der Waals surface area contributed by atoms with Crippen LogP contribution in [0.2, 0.25) is 10.0 Å². The summed E-state index contributed by atoms with van der Waals surface area (Å²) in [4.78, 5) is 4.59. The number of aromatic nitrogens is 1. The van der Waals surface area contributed by atoms with E-state index in [1.807, 2.05) is 36.6 Å². The van der Waals surface area contributed by atoms with Crippen LogP contribution >= 0.6 is 34.5 Å². The lowest BCUT2D eigenvalue weighted by atomic mass is 10.1. The summed E-state index contributed by atoms with van der Waals surface area (Å²) in [5, 5.41) is 13.1. The van der Waals surface area contributed by atoms with Crippen LogP contribution in [0.4, 0.5) is 0 Å². The number of halogens is 2. The Morgan fingerprint density at radius 2 is 2.00 bits per heavy atom. The summed E-state index contributed by atoms with van der Waals surface area (Å²) in [6.45, 7) is 2.58. The van der Waals surface area contributed by atoms with Crippen molar-refractivity contribution in [1.29, 1.82) is 5.26 Å². The Balaban J connectivity index is 1.89. The molecule has 2 aromatic carbocycles. The van der Waals surface area contributed by atoms with Gasteiger partial charge in [0, 0.05) is 21.0 Å². The monoisotopic (exact) mass is 400 g/mol. The number of rotatable bonds is 5. The molecule has 3 nitrogen and oxygen atoms in total. The second-order valence-corrected chi connectivity index (χ2v) is 7.03. The van der Waals surface area contributed by atoms with Gasteiger partial charge in [0.1, 0.15) is 16.8 Å². The van der Waals surface area contributed by atoms with E-state index in [4.69, 9.17) is 27.9 Å². The zero-order chi connectivity index (χ0) is 18.5. The summed E-state index contributed by atoms with van der Waals surface area (Å²) in [6.07, 6.45) is 1.72. The molecule has 0 bridgehead atoms. The maximum absolute atomic E-state index is 9.52. The van der Waals surface area contributed by atoms with Crippen LogP contribution in [0.3, 0.4) is 0 Å². The van der Waals surface area contributed by atoms with Crippen LogP contribution in [0, 0.1) is 11.3 Å². The zero-order valence-electron chi connectivity index (χ0n) is 13.9. The van der Waals surface area contributed by atoms with Crippen molar-refractivity contribution >= 4 is 46.2 Å². The second kappa shape index (κ2) is 8.37. The Labute approximate surface area is 166 Å². The van der Waals surface area contributed by atoms with E-state index in [0.29, 0.717) is 27.2 Å². The van der Waals surface area contributed by atoms with Gasteiger partial charge in [0.05, 0.1) is 17.9 Å². The third-order valence-electron chi connectivity index (χ3n) is 3.58. The van der Waals surface area contributed by atoms with Crippen molar-refractivity contribution in [3.8, 4) is 23.1 Å². The highest BCUT2D eigenvalue weighted by Gasteiger charge is 2.10. The average molecular weight is 401 g/mol. The standard InChI is InChI=1S/C20H14Cl2N2OS/c1-2-25-17-7-4-13(5-8-17)19-12-26-20(24-19)15(11-23)9-14-3-6-16(21)10-18(14)22/h3-10,12H,2H2,1H3. The molecule has 0 atom stereocenters. The molecular weight excluding hydrogens is 387 g/mol.